The van der Waals surface area contributed by atoms with Crippen molar-refractivity contribution in [1.29, 1.82) is 0 Å². The highest BCUT2D eigenvalue weighted by atomic mass is 32.2. The maximum atomic E-state index is 10.6. The van der Waals surface area contributed by atoms with Crippen LogP contribution < -0.4 is 0 Å². The molecule has 0 amide bonds. The van der Waals surface area contributed by atoms with Crippen LogP contribution in [0, 0.1) is 0 Å². The number of benzene rings is 2. The van der Waals surface area contributed by atoms with Gasteiger partial charge in [0.25, 0.3) is 0 Å². The van der Waals surface area contributed by atoms with Crippen LogP contribution in [0.5, 0.6) is 0 Å². The van der Waals surface area contributed by atoms with Gasteiger partial charge in [-0.1, -0.05) is 36.4 Å². The predicted molar refractivity (Wildman–Crippen MR) is 94.8 cm³/mol. The first-order valence-corrected chi connectivity index (χ1v) is 9.98. The smallest absolute Gasteiger partial charge is 0.340 e. The van der Waals surface area contributed by atoms with Gasteiger partial charge < -0.3 is 14.4 Å². The molecule has 0 aliphatic rings. The topological polar surface area (TPSA) is 71.7 Å². The monoisotopic (exact) mass is 351 g/mol. The number of fused-ring (bicyclic) bond motifs is 3. The van der Waals surface area contributed by atoms with Gasteiger partial charge in [0.15, 0.2) is 0 Å². The summed E-state index contributed by atoms with van der Waals surface area (Å²) in [6.45, 7) is 0.900. The number of rotatable bonds is 7. The molecule has 1 aromatic heterocycles. The van der Waals surface area contributed by atoms with E-state index >= 15 is 0 Å². The standard InChI is InChI=1S/C16H18NO4PS/c18-22(19,20)21-10-12-23-11-9-17-15-7-3-1-5-13(15)14-6-2-4-8-16(14)17/h1-8H,9-12H2,(H2,18,19,20). The lowest BCUT2D eigenvalue weighted by Crippen LogP contribution is -2.02. The molecule has 0 unspecified atom stereocenters. The second kappa shape index (κ2) is 7.07. The van der Waals surface area contributed by atoms with Crippen molar-refractivity contribution in [2.24, 2.45) is 0 Å². The van der Waals surface area contributed by atoms with E-state index in [-0.39, 0.29) is 6.61 Å². The Morgan fingerprint density at radius 1 is 0.957 bits per heavy atom. The summed E-state index contributed by atoms with van der Waals surface area (Å²) in [5, 5.41) is 2.50. The molecule has 0 fully saturated rings. The normalized spacial score (nSPS) is 12.3. The lowest BCUT2D eigenvalue weighted by Gasteiger charge is -2.08. The predicted octanol–water partition coefficient (Wildman–Crippen LogP) is 3.64. The lowest BCUT2D eigenvalue weighted by molar-refractivity contribution is 0.208. The van der Waals surface area contributed by atoms with Gasteiger partial charge in [0.2, 0.25) is 0 Å². The van der Waals surface area contributed by atoms with Crippen molar-refractivity contribution >= 4 is 41.4 Å². The van der Waals surface area contributed by atoms with E-state index in [0.29, 0.717) is 5.75 Å². The molecular weight excluding hydrogens is 333 g/mol. The van der Waals surface area contributed by atoms with Gasteiger partial charge in [0.05, 0.1) is 6.61 Å². The number of aromatic nitrogens is 1. The third-order valence-corrected chi connectivity index (χ3v) is 5.07. The van der Waals surface area contributed by atoms with E-state index in [9.17, 15) is 4.57 Å². The van der Waals surface area contributed by atoms with E-state index < -0.39 is 7.82 Å². The Morgan fingerprint density at radius 2 is 1.52 bits per heavy atom. The van der Waals surface area contributed by atoms with E-state index in [0.717, 1.165) is 12.3 Å². The highest BCUT2D eigenvalue weighted by molar-refractivity contribution is 7.99. The van der Waals surface area contributed by atoms with Crippen molar-refractivity contribution in [2.75, 3.05) is 18.1 Å². The first-order chi connectivity index (χ1) is 11.1. The molecule has 0 aliphatic carbocycles. The lowest BCUT2D eigenvalue weighted by atomic mass is 10.2. The fraction of sp³-hybridized carbons (Fsp3) is 0.250. The molecule has 1 heterocycles. The molecule has 0 spiro atoms. The van der Waals surface area contributed by atoms with E-state index in [1.807, 2.05) is 24.3 Å². The number of hydrogen-bond donors (Lipinski definition) is 2. The van der Waals surface area contributed by atoms with Gasteiger partial charge in [-0.2, -0.15) is 11.8 Å². The summed E-state index contributed by atoms with van der Waals surface area (Å²) < 4.78 is 17.3. The highest BCUT2D eigenvalue weighted by Gasteiger charge is 2.13. The van der Waals surface area contributed by atoms with Crippen LogP contribution in [0.3, 0.4) is 0 Å². The van der Waals surface area contributed by atoms with Crippen LogP contribution in [-0.2, 0) is 15.6 Å². The van der Waals surface area contributed by atoms with E-state index in [1.165, 1.54) is 21.8 Å². The molecule has 23 heavy (non-hydrogen) atoms. The van der Waals surface area contributed by atoms with Crippen molar-refractivity contribution in [1.82, 2.24) is 4.57 Å². The first kappa shape index (κ1) is 16.6. The Kier molecular flexibility index (Phi) is 5.09. The largest absolute Gasteiger partial charge is 0.469 e. The summed E-state index contributed by atoms with van der Waals surface area (Å²) in [6.07, 6.45) is 0. The van der Waals surface area contributed by atoms with Gasteiger partial charge in [-0.25, -0.2) is 4.57 Å². The summed E-state index contributed by atoms with van der Waals surface area (Å²) in [5.74, 6) is 1.41. The van der Waals surface area contributed by atoms with Crippen molar-refractivity contribution in [3.05, 3.63) is 48.5 Å². The van der Waals surface area contributed by atoms with Crippen molar-refractivity contribution in [2.45, 2.75) is 6.54 Å². The summed E-state index contributed by atoms with van der Waals surface area (Å²) in [4.78, 5) is 17.3. The molecule has 3 rings (SSSR count). The molecule has 0 saturated heterocycles. The van der Waals surface area contributed by atoms with Crippen molar-refractivity contribution < 1.29 is 18.9 Å². The van der Waals surface area contributed by atoms with Gasteiger partial charge >= 0.3 is 7.82 Å². The highest BCUT2D eigenvalue weighted by Crippen LogP contribution is 2.35. The summed E-state index contributed by atoms with van der Waals surface area (Å²) in [7, 11) is -4.35. The molecule has 0 saturated carbocycles. The maximum Gasteiger partial charge on any atom is 0.469 e. The second-order valence-corrected chi connectivity index (χ2v) is 7.59. The van der Waals surface area contributed by atoms with E-state index in [2.05, 4.69) is 33.4 Å². The Balaban J connectivity index is 1.69. The number of thioether (sulfide) groups is 1. The van der Waals surface area contributed by atoms with Crippen LogP contribution in [0.15, 0.2) is 48.5 Å². The molecule has 7 heteroatoms. The molecule has 0 atom stereocenters. The average molecular weight is 351 g/mol. The minimum Gasteiger partial charge on any atom is -0.340 e. The van der Waals surface area contributed by atoms with Gasteiger partial charge in [-0.05, 0) is 12.1 Å². The third kappa shape index (κ3) is 3.97. The van der Waals surface area contributed by atoms with Crippen LogP contribution >= 0.6 is 19.6 Å². The Hall–Kier alpha value is -1.30. The zero-order valence-electron chi connectivity index (χ0n) is 12.5. The number of para-hydroxylation sites is 2. The quantitative estimate of drug-likeness (QED) is 0.502. The van der Waals surface area contributed by atoms with Crippen molar-refractivity contribution in [3.63, 3.8) is 0 Å². The Bertz CT molecular complexity index is 804. The first-order valence-electron chi connectivity index (χ1n) is 7.30. The minimum absolute atomic E-state index is 0.0577. The number of hydrogen-bond acceptors (Lipinski definition) is 3. The van der Waals surface area contributed by atoms with Crippen LogP contribution in [0.4, 0.5) is 0 Å². The molecular formula is C16H18NO4PS. The number of aryl methyl sites for hydroxylation is 1. The molecule has 0 bridgehead atoms. The SMILES string of the molecule is O=P(O)(O)OCCSCCn1c2ccccc2c2ccccc21. The molecule has 0 radical (unpaired) electrons. The second-order valence-electron chi connectivity index (χ2n) is 5.12. The van der Waals surface area contributed by atoms with Gasteiger partial charge in [-0.15, -0.1) is 0 Å². The van der Waals surface area contributed by atoms with Gasteiger partial charge in [0.1, 0.15) is 0 Å². The molecule has 122 valence electrons. The fourth-order valence-corrected chi connectivity index (χ4v) is 3.89. The van der Waals surface area contributed by atoms with Crippen LogP contribution in [0.2, 0.25) is 0 Å². The zero-order chi connectivity index (χ0) is 16.3. The summed E-state index contributed by atoms with van der Waals surface area (Å²) in [6, 6.07) is 16.7. The number of phosphoric ester groups is 1. The summed E-state index contributed by atoms with van der Waals surface area (Å²) >= 11 is 1.62. The molecule has 5 nitrogen and oxygen atoms in total. The third-order valence-electron chi connectivity index (χ3n) is 3.63. The minimum atomic E-state index is -4.35. The Morgan fingerprint density at radius 3 is 2.09 bits per heavy atom. The van der Waals surface area contributed by atoms with Gasteiger partial charge in [0, 0.05) is 39.9 Å². The molecule has 2 aromatic carbocycles. The number of nitrogens with zero attached hydrogens (tertiary/aromatic N) is 1. The molecule has 0 aliphatic heterocycles. The molecule has 2 N–H and O–H groups in total. The van der Waals surface area contributed by atoms with E-state index in [1.54, 1.807) is 11.8 Å². The Labute approximate surface area is 138 Å². The number of phosphoric acid groups is 1. The van der Waals surface area contributed by atoms with Gasteiger partial charge in [-0.3, -0.25) is 4.52 Å². The van der Waals surface area contributed by atoms with E-state index in [4.69, 9.17) is 9.79 Å². The zero-order valence-corrected chi connectivity index (χ0v) is 14.2. The van der Waals surface area contributed by atoms with Crippen LogP contribution in [-0.4, -0.2) is 32.5 Å². The van der Waals surface area contributed by atoms with Crippen molar-refractivity contribution in [3.8, 4) is 0 Å². The summed E-state index contributed by atoms with van der Waals surface area (Å²) in [5.41, 5.74) is 2.42. The maximum absolute atomic E-state index is 10.6. The molecule has 3 aromatic rings. The average Bonchev–Trinajstić information content (AvgIpc) is 2.84. The fourth-order valence-electron chi connectivity index (χ4n) is 2.72. The van der Waals surface area contributed by atoms with Crippen LogP contribution in [0.1, 0.15) is 0 Å². The van der Waals surface area contributed by atoms with Crippen LogP contribution in [0.25, 0.3) is 21.8 Å².